The quantitative estimate of drug-likeness (QED) is 0.831. The van der Waals surface area contributed by atoms with Crippen molar-refractivity contribution in [2.75, 3.05) is 0 Å². The van der Waals surface area contributed by atoms with Crippen molar-refractivity contribution in [3.8, 4) is 0 Å². The van der Waals surface area contributed by atoms with Crippen LogP contribution in [0.25, 0.3) is 6.08 Å². The number of ether oxygens (including phenoxy) is 1. The van der Waals surface area contributed by atoms with Crippen LogP contribution in [-0.4, -0.2) is 17.4 Å². The molecule has 0 saturated heterocycles. The molecule has 0 radical (unpaired) electrons. The molecular formula is C13H13F2NO2. The number of Topliss-reactive ketones (excluding diaryl/α,β-unsaturated/α-hetero) is 1. The number of halogens is 2. The first kappa shape index (κ1) is 12.7. The van der Waals surface area contributed by atoms with Gasteiger partial charge in [0.15, 0.2) is 5.76 Å². The van der Waals surface area contributed by atoms with Gasteiger partial charge in [0.1, 0.15) is 0 Å². The van der Waals surface area contributed by atoms with Crippen molar-refractivity contribution in [3.63, 3.8) is 0 Å². The van der Waals surface area contributed by atoms with E-state index in [1.165, 1.54) is 6.08 Å². The molecule has 1 heterocycles. The standard InChI is InChI=1S/C13H13F2NO2/c1-7(2)9-3-8-4-11(17)12(18-13(14)15)5-10(8)16-6-9/h3,5-7,13H,4H2,1-2H3. The number of nitrogens with zero attached hydrogens (tertiary/aromatic N) is 1. The van der Waals surface area contributed by atoms with Gasteiger partial charge in [0.25, 0.3) is 0 Å². The van der Waals surface area contributed by atoms with E-state index in [1.807, 2.05) is 19.9 Å². The van der Waals surface area contributed by atoms with Crippen LogP contribution in [0.15, 0.2) is 18.0 Å². The molecule has 0 aliphatic heterocycles. The highest BCUT2D eigenvalue weighted by Gasteiger charge is 2.23. The average Bonchev–Trinajstić information content (AvgIpc) is 2.28. The highest BCUT2D eigenvalue weighted by Crippen LogP contribution is 2.25. The lowest BCUT2D eigenvalue weighted by Crippen LogP contribution is -2.17. The number of hydrogen-bond donors (Lipinski definition) is 0. The molecule has 2 rings (SSSR count). The monoisotopic (exact) mass is 253 g/mol. The summed E-state index contributed by atoms with van der Waals surface area (Å²) >= 11 is 0. The number of ketones is 1. The fraction of sp³-hybridized carbons (Fsp3) is 0.385. The average molecular weight is 253 g/mol. The van der Waals surface area contributed by atoms with Crippen LogP contribution in [0.3, 0.4) is 0 Å². The molecule has 1 aromatic heterocycles. The SMILES string of the molecule is CC(C)c1cnc2c(c1)CC(=O)C(OC(F)F)=C2. The fourth-order valence-corrected chi connectivity index (χ4v) is 1.79. The lowest BCUT2D eigenvalue weighted by atomic mass is 9.95. The van der Waals surface area contributed by atoms with Crippen molar-refractivity contribution < 1.29 is 18.3 Å². The van der Waals surface area contributed by atoms with Gasteiger partial charge in [-0.15, -0.1) is 0 Å². The zero-order chi connectivity index (χ0) is 13.3. The summed E-state index contributed by atoms with van der Waals surface area (Å²) in [6.07, 6.45) is 3.02. The molecule has 0 saturated carbocycles. The van der Waals surface area contributed by atoms with E-state index in [2.05, 4.69) is 9.72 Å². The van der Waals surface area contributed by atoms with Gasteiger partial charge in [-0.1, -0.05) is 19.9 Å². The van der Waals surface area contributed by atoms with E-state index in [4.69, 9.17) is 0 Å². The molecule has 0 fully saturated rings. The number of alkyl halides is 2. The minimum Gasteiger partial charge on any atom is -0.431 e. The number of carbonyl (C=O) groups excluding carboxylic acids is 1. The van der Waals surface area contributed by atoms with E-state index in [1.54, 1.807) is 6.20 Å². The Kier molecular flexibility index (Phi) is 3.41. The van der Waals surface area contributed by atoms with Crippen LogP contribution in [0.5, 0.6) is 0 Å². The predicted octanol–water partition coefficient (Wildman–Crippen LogP) is 2.91. The van der Waals surface area contributed by atoms with Crippen LogP contribution in [-0.2, 0) is 16.0 Å². The smallest absolute Gasteiger partial charge is 0.387 e. The zero-order valence-electron chi connectivity index (χ0n) is 10.1. The molecule has 0 amide bonds. The first-order valence-electron chi connectivity index (χ1n) is 5.66. The topological polar surface area (TPSA) is 39.2 Å². The minimum atomic E-state index is -2.99. The van der Waals surface area contributed by atoms with Crippen molar-refractivity contribution in [2.45, 2.75) is 32.8 Å². The van der Waals surface area contributed by atoms with Crippen LogP contribution in [0.1, 0.15) is 36.6 Å². The Morgan fingerprint density at radius 2 is 2.11 bits per heavy atom. The molecule has 0 N–H and O–H groups in total. The maximum absolute atomic E-state index is 12.1. The Hall–Kier alpha value is -1.78. The summed E-state index contributed by atoms with van der Waals surface area (Å²) in [4.78, 5) is 15.8. The van der Waals surface area contributed by atoms with E-state index in [-0.39, 0.29) is 12.2 Å². The second kappa shape index (κ2) is 4.84. The second-order valence-electron chi connectivity index (χ2n) is 4.45. The molecule has 3 nitrogen and oxygen atoms in total. The maximum atomic E-state index is 12.1. The number of allylic oxidation sites excluding steroid dienone is 1. The van der Waals surface area contributed by atoms with E-state index in [0.29, 0.717) is 11.6 Å². The van der Waals surface area contributed by atoms with Gasteiger partial charge in [0.2, 0.25) is 5.78 Å². The van der Waals surface area contributed by atoms with Gasteiger partial charge in [-0.3, -0.25) is 9.78 Å². The molecule has 0 atom stereocenters. The summed E-state index contributed by atoms with van der Waals surface area (Å²) in [5.74, 6) is -0.451. The molecule has 1 aromatic rings. The van der Waals surface area contributed by atoms with Crippen LogP contribution >= 0.6 is 0 Å². The molecule has 0 bridgehead atoms. The number of carbonyl (C=O) groups is 1. The van der Waals surface area contributed by atoms with Crippen molar-refractivity contribution in [2.24, 2.45) is 0 Å². The van der Waals surface area contributed by atoms with E-state index in [0.717, 1.165) is 11.1 Å². The Morgan fingerprint density at radius 3 is 2.72 bits per heavy atom. The molecule has 0 aromatic carbocycles. The first-order chi connectivity index (χ1) is 8.47. The van der Waals surface area contributed by atoms with Crippen LogP contribution in [0.4, 0.5) is 8.78 Å². The number of pyridine rings is 1. The second-order valence-corrected chi connectivity index (χ2v) is 4.45. The number of hydrogen-bond acceptors (Lipinski definition) is 3. The molecular weight excluding hydrogens is 240 g/mol. The molecule has 1 aliphatic carbocycles. The van der Waals surface area contributed by atoms with E-state index >= 15 is 0 Å². The molecule has 96 valence electrons. The van der Waals surface area contributed by atoms with Crippen LogP contribution < -0.4 is 0 Å². The van der Waals surface area contributed by atoms with Crippen molar-refractivity contribution >= 4 is 11.9 Å². The Balaban J connectivity index is 2.35. The van der Waals surface area contributed by atoms with Gasteiger partial charge in [0.05, 0.1) is 5.69 Å². The minimum absolute atomic E-state index is 0.0570. The number of rotatable bonds is 3. The lowest BCUT2D eigenvalue weighted by Gasteiger charge is -2.16. The summed E-state index contributed by atoms with van der Waals surface area (Å²) in [6, 6.07) is 1.89. The van der Waals surface area contributed by atoms with Gasteiger partial charge in [0, 0.05) is 18.7 Å². The number of aromatic nitrogens is 1. The molecule has 0 unspecified atom stereocenters. The van der Waals surface area contributed by atoms with Crippen LogP contribution in [0, 0.1) is 0 Å². The fourth-order valence-electron chi connectivity index (χ4n) is 1.79. The third-order valence-electron chi connectivity index (χ3n) is 2.80. The zero-order valence-corrected chi connectivity index (χ0v) is 10.1. The largest absolute Gasteiger partial charge is 0.431 e. The third-order valence-corrected chi connectivity index (χ3v) is 2.80. The summed E-state index contributed by atoms with van der Waals surface area (Å²) in [6.45, 7) is 1.06. The maximum Gasteiger partial charge on any atom is 0.387 e. The van der Waals surface area contributed by atoms with Gasteiger partial charge >= 0.3 is 6.61 Å². The molecule has 0 spiro atoms. The Morgan fingerprint density at radius 1 is 1.39 bits per heavy atom. The van der Waals surface area contributed by atoms with Gasteiger partial charge in [-0.2, -0.15) is 8.78 Å². The van der Waals surface area contributed by atoms with Gasteiger partial charge < -0.3 is 4.74 Å². The van der Waals surface area contributed by atoms with Gasteiger partial charge in [-0.05, 0) is 17.0 Å². The Labute approximate surface area is 103 Å². The highest BCUT2D eigenvalue weighted by atomic mass is 19.3. The van der Waals surface area contributed by atoms with Crippen molar-refractivity contribution in [1.29, 1.82) is 0 Å². The summed E-state index contributed by atoms with van der Waals surface area (Å²) in [5, 5.41) is 0. The van der Waals surface area contributed by atoms with Crippen LogP contribution in [0.2, 0.25) is 0 Å². The van der Waals surface area contributed by atoms with Crippen molar-refractivity contribution in [3.05, 3.63) is 34.8 Å². The van der Waals surface area contributed by atoms with E-state index in [9.17, 15) is 13.6 Å². The number of fused-ring (bicyclic) bond motifs is 1. The highest BCUT2D eigenvalue weighted by molar-refractivity contribution is 6.01. The van der Waals surface area contributed by atoms with Gasteiger partial charge in [-0.25, -0.2) is 0 Å². The molecule has 18 heavy (non-hydrogen) atoms. The summed E-state index contributed by atoms with van der Waals surface area (Å²) in [5.41, 5.74) is 2.30. The van der Waals surface area contributed by atoms with Crippen molar-refractivity contribution in [1.82, 2.24) is 4.98 Å². The summed E-state index contributed by atoms with van der Waals surface area (Å²) < 4.78 is 28.4. The lowest BCUT2D eigenvalue weighted by molar-refractivity contribution is -0.132. The van der Waals surface area contributed by atoms with E-state index < -0.39 is 12.4 Å². The predicted molar refractivity (Wildman–Crippen MR) is 62.1 cm³/mol. The summed E-state index contributed by atoms with van der Waals surface area (Å²) in [7, 11) is 0. The Bertz CT molecular complexity index is 510. The molecule has 1 aliphatic rings. The first-order valence-corrected chi connectivity index (χ1v) is 5.66. The normalized spacial score (nSPS) is 14.8. The molecule has 5 heteroatoms. The third kappa shape index (κ3) is 2.55.